The van der Waals surface area contributed by atoms with E-state index >= 15 is 0 Å². The Labute approximate surface area is 108 Å². The van der Waals surface area contributed by atoms with Crippen molar-refractivity contribution in [1.29, 1.82) is 0 Å². The van der Waals surface area contributed by atoms with Crippen molar-refractivity contribution < 1.29 is 23.1 Å². The summed E-state index contributed by atoms with van der Waals surface area (Å²) in [5, 5.41) is 9.74. The van der Waals surface area contributed by atoms with Crippen molar-refractivity contribution in [2.24, 2.45) is 5.92 Å². The Bertz CT molecular complexity index is 340. The van der Waals surface area contributed by atoms with Crippen LogP contribution in [0.3, 0.4) is 0 Å². The zero-order chi connectivity index (χ0) is 14.2. The standard InChI is InChI=1S/C10H22N2O5S/c1-4-8(5-2)9(13)7-11-18(15,16)12-10(14)17-6-3/h8-9,11,13H,4-7H2,1-3H3,(H,12,14). The fourth-order valence-corrected chi connectivity index (χ4v) is 2.24. The zero-order valence-electron chi connectivity index (χ0n) is 11.0. The molecule has 0 rings (SSSR count). The monoisotopic (exact) mass is 282 g/mol. The van der Waals surface area contributed by atoms with E-state index in [0.717, 1.165) is 12.8 Å². The number of rotatable bonds is 8. The van der Waals surface area contributed by atoms with Crippen molar-refractivity contribution in [3.63, 3.8) is 0 Å². The largest absolute Gasteiger partial charge is 0.449 e. The highest BCUT2D eigenvalue weighted by atomic mass is 32.2. The Balaban J connectivity index is 4.22. The van der Waals surface area contributed by atoms with Gasteiger partial charge in [0, 0.05) is 6.54 Å². The summed E-state index contributed by atoms with van der Waals surface area (Å²) in [4.78, 5) is 10.9. The van der Waals surface area contributed by atoms with E-state index < -0.39 is 22.4 Å². The molecule has 0 radical (unpaired) electrons. The van der Waals surface area contributed by atoms with Crippen LogP contribution in [0.5, 0.6) is 0 Å². The summed E-state index contributed by atoms with van der Waals surface area (Å²) in [6, 6.07) is 0. The van der Waals surface area contributed by atoms with Gasteiger partial charge in [-0.15, -0.1) is 0 Å². The maximum atomic E-state index is 11.4. The van der Waals surface area contributed by atoms with Crippen LogP contribution < -0.4 is 9.44 Å². The predicted octanol–water partition coefficient (Wildman–Crippen LogP) is 0.364. The van der Waals surface area contributed by atoms with Gasteiger partial charge in [0.1, 0.15) is 0 Å². The average Bonchev–Trinajstić information content (AvgIpc) is 2.27. The molecule has 0 fully saturated rings. The molecule has 0 aromatic rings. The molecule has 7 nitrogen and oxygen atoms in total. The van der Waals surface area contributed by atoms with E-state index in [9.17, 15) is 18.3 Å². The molecule has 0 spiro atoms. The molecule has 1 unspecified atom stereocenters. The van der Waals surface area contributed by atoms with Gasteiger partial charge < -0.3 is 9.84 Å². The van der Waals surface area contributed by atoms with Crippen molar-refractivity contribution in [2.75, 3.05) is 13.2 Å². The molecule has 0 aliphatic heterocycles. The molecule has 0 heterocycles. The van der Waals surface area contributed by atoms with Crippen LogP contribution in [0.25, 0.3) is 0 Å². The maximum absolute atomic E-state index is 11.4. The lowest BCUT2D eigenvalue weighted by atomic mass is 9.97. The third-order valence-corrected chi connectivity index (χ3v) is 3.55. The number of hydrogen-bond donors (Lipinski definition) is 3. The molecule has 1 amide bonds. The molecule has 18 heavy (non-hydrogen) atoms. The molecule has 0 aliphatic carbocycles. The van der Waals surface area contributed by atoms with Crippen LogP contribution in [-0.2, 0) is 14.9 Å². The minimum atomic E-state index is -3.98. The van der Waals surface area contributed by atoms with Gasteiger partial charge in [0.05, 0.1) is 12.7 Å². The number of aliphatic hydroxyl groups is 1. The second-order valence-electron chi connectivity index (χ2n) is 3.82. The van der Waals surface area contributed by atoms with Gasteiger partial charge >= 0.3 is 16.3 Å². The first-order chi connectivity index (χ1) is 8.36. The Morgan fingerprint density at radius 2 is 1.83 bits per heavy atom. The highest BCUT2D eigenvalue weighted by Crippen LogP contribution is 2.12. The van der Waals surface area contributed by atoms with Crippen molar-refractivity contribution in [1.82, 2.24) is 9.44 Å². The molecule has 0 aromatic carbocycles. The van der Waals surface area contributed by atoms with Crippen molar-refractivity contribution >= 4 is 16.3 Å². The van der Waals surface area contributed by atoms with Gasteiger partial charge in [-0.05, 0) is 12.8 Å². The van der Waals surface area contributed by atoms with Crippen LogP contribution in [0.2, 0.25) is 0 Å². The fourth-order valence-electron chi connectivity index (χ4n) is 1.50. The fraction of sp³-hybridized carbons (Fsp3) is 0.900. The zero-order valence-corrected chi connectivity index (χ0v) is 11.8. The average molecular weight is 282 g/mol. The topological polar surface area (TPSA) is 105 Å². The Morgan fingerprint density at radius 3 is 2.28 bits per heavy atom. The highest BCUT2D eigenvalue weighted by Gasteiger charge is 2.20. The number of nitrogens with one attached hydrogen (secondary N) is 2. The molecule has 108 valence electrons. The highest BCUT2D eigenvalue weighted by molar-refractivity contribution is 7.88. The normalized spacial score (nSPS) is 13.4. The van der Waals surface area contributed by atoms with Gasteiger partial charge in [0.25, 0.3) is 0 Å². The summed E-state index contributed by atoms with van der Waals surface area (Å²) in [7, 11) is -3.98. The SMILES string of the molecule is CCOC(=O)NS(=O)(=O)NCC(O)C(CC)CC. The smallest absolute Gasteiger partial charge is 0.421 e. The van der Waals surface area contributed by atoms with E-state index in [-0.39, 0.29) is 19.1 Å². The minimum Gasteiger partial charge on any atom is -0.449 e. The summed E-state index contributed by atoms with van der Waals surface area (Å²) in [5.74, 6) is 0.0234. The van der Waals surface area contributed by atoms with Crippen molar-refractivity contribution in [2.45, 2.75) is 39.7 Å². The second kappa shape index (κ2) is 8.28. The van der Waals surface area contributed by atoms with E-state index in [0.29, 0.717) is 0 Å². The number of amides is 1. The Kier molecular flexibility index (Phi) is 7.88. The van der Waals surface area contributed by atoms with E-state index in [1.54, 1.807) is 11.6 Å². The molecule has 0 saturated carbocycles. The van der Waals surface area contributed by atoms with Crippen LogP contribution in [0.4, 0.5) is 4.79 Å². The maximum Gasteiger partial charge on any atom is 0.421 e. The lowest BCUT2D eigenvalue weighted by Gasteiger charge is -2.20. The number of aliphatic hydroxyl groups excluding tert-OH is 1. The first-order valence-corrected chi connectivity index (χ1v) is 7.46. The minimum absolute atomic E-state index is 0.0234. The third-order valence-electron chi connectivity index (χ3n) is 2.57. The van der Waals surface area contributed by atoms with Gasteiger partial charge in [-0.25, -0.2) is 9.52 Å². The van der Waals surface area contributed by atoms with Gasteiger partial charge in [0.2, 0.25) is 0 Å². The lowest BCUT2D eigenvalue weighted by molar-refractivity contribution is 0.106. The molecule has 0 saturated heterocycles. The number of hydrogen-bond acceptors (Lipinski definition) is 5. The number of ether oxygens (including phenoxy) is 1. The molecule has 0 aromatic heterocycles. The third kappa shape index (κ3) is 6.77. The molecule has 3 N–H and O–H groups in total. The summed E-state index contributed by atoms with van der Waals surface area (Å²) in [6.07, 6.45) is -0.309. The molecule has 0 aliphatic rings. The van der Waals surface area contributed by atoms with Crippen molar-refractivity contribution in [3.05, 3.63) is 0 Å². The van der Waals surface area contributed by atoms with Crippen LogP contribution in [0.15, 0.2) is 0 Å². The second-order valence-corrected chi connectivity index (χ2v) is 5.32. The summed E-state index contributed by atoms with van der Waals surface area (Å²) >= 11 is 0. The lowest BCUT2D eigenvalue weighted by Crippen LogP contribution is -2.44. The first-order valence-electron chi connectivity index (χ1n) is 5.98. The number of carbonyl (C=O) groups is 1. The summed E-state index contributed by atoms with van der Waals surface area (Å²) in [6.45, 7) is 5.35. The van der Waals surface area contributed by atoms with Crippen LogP contribution in [-0.4, -0.2) is 38.9 Å². The van der Waals surface area contributed by atoms with Gasteiger partial charge in [-0.3, -0.25) is 0 Å². The van der Waals surface area contributed by atoms with Gasteiger partial charge in [0.15, 0.2) is 0 Å². The molecular formula is C10H22N2O5S. The van der Waals surface area contributed by atoms with E-state index in [2.05, 4.69) is 9.46 Å². The van der Waals surface area contributed by atoms with Crippen LogP contribution >= 0.6 is 0 Å². The van der Waals surface area contributed by atoms with E-state index in [1.807, 2.05) is 13.8 Å². The van der Waals surface area contributed by atoms with E-state index in [1.165, 1.54) is 0 Å². The quantitative estimate of drug-likeness (QED) is 0.596. The van der Waals surface area contributed by atoms with Gasteiger partial charge in [-0.1, -0.05) is 26.7 Å². The van der Waals surface area contributed by atoms with Gasteiger partial charge in [-0.2, -0.15) is 13.1 Å². The Morgan fingerprint density at radius 1 is 1.28 bits per heavy atom. The summed E-state index contributed by atoms with van der Waals surface area (Å²) in [5.41, 5.74) is 0. The molecule has 8 heteroatoms. The molecule has 0 bridgehead atoms. The van der Waals surface area contributed by atoms with Crippen LogP contribution in [0, 0.1) is 5.92 Å². The van der Waals surface area contributed by atoms with Crippen LogP contribution in [0.1, 0.15) is 33.6 Å². The molecular weight excluding hydrogens is 260 g/mol. The Hall–Kier alpha value is -0.860. The number of carbonyl (C=O) groups excluding carboxylic acids is 1. The van der Waals surface area contributed by atoms with E-state index in [4.69, 9.17) is 0 Å². The van der Waals surface area contributed by atoms with Crippen molar-refractivity contribution in [3.8, 4) is 0 Å². The molecule has 1 atom stereocenters. The predicted molar refractivity (Wildman–Crippen MR) is 67.2 cm³/mol. The first kappa shape index (κ1) is 17.1. The summed E-state index contributed by atoms with van der Waals surface area (Å²) < 4.78 is 31.0.